The van der Waals surface area contributed by atoms with Crippen molar-refractivity contribution < 1.29 is 9.47 Å². The SMILES string of the molecule is Nc1nc2ccccc2c2c1nc1n2[C@@H](C2CCOCC2)COC1. The first-order valence-corrected chi connectivity index (χ1v) is 8.53. The van der Waals surface area contributed by atoms with E-state index in [0.717, 1.165) is 60.4 Å². The summed E-state index contributed by atoms with van der Waals surface area (Å²) in [7, 11) is 0. The van der Waals surface area contributed by atoms with Crippen LogP contribution in [-0.4, -0.2) is 34.4 Å². The van der Waals surface area contributed by atoms with Crippen molar-refractivity contribution in [2.45, 2.75) is 25.5 Å². The lowest BCUT2D eigenvalue weighted by molar-refractivity contribution is -0.00320. The molecule has 2 N–H and O–H groups in total. The molecule has 1 aromatic carbocycles. The van der Waals surface area contributed by atoms with Gasteiger partial charge in [-0.1, -0.05) is 18.2 Å². The average Bonchev–Trinajstić information content (AvgIpc) is 3.03. The molecule has 0 amide bonds. The van der Waals surface area contributed by atoms with E-state index in [2.05, 4.69) is 15.6 Å². The smallest absolute Gasteiger partial charge is 0.152 e. The molecule has 5 rings (SSSR count). The number of anilines is 1. The molecule has 0 radical (unpaired) electrons. The highest BCUT2D eigenvalue weighted by Crippen LogP contribution is 2.38. The second kappa shape index (κ2) is 5.43. The summed E-state index contributed by atoms with van der Waals surface area (Å²) in [6, 6.07) is 8.44. The van der Waals surface area contributed by atoms with Crippen molar-refractivity contribution >= 4 is 27.8 Å². The maximum atomic E-state index is 6.21. The average molecular weight is 324 g/mol. The van der Waals surface area contributed by atoms with E-state index in [1.165, 1.54) is 0 Å². The summed E-state index contributed by atoms with van der Waals surface area (Å²) in [5.74, 6) is 2.00. The van der Waals surface area contributed by atoms with Gasteiger partial charge in [-0.3, -0.25) is 0 Å². The molecule has 0 unspecified atom stereocenters. The Bertz CT molecular complexity index is 914. The van der Waals surface area contributed by atoms with Crippen molar-refractivity contribution in [1.82, 2.24) is 14.5 Å². The van der Waals surface area contributed by atoms with Gasteiger partial charge in [0.05, 0.1) is 23.7 Å². The predicted octanol–water partition coefficient (Wildman–Crippen LogP) is 2.66. The van der Waals surface area contributed by atoms with E-state index >= 15 is 0 Å². The minimum Gasteiger partial charge on any atom is -0.382 e. The molecule has 2 aliphatic heterocycles. The van der Waals surface area contributed by atoms with Crippen LogP contribution in [0, 0.1) is 5.92 Å². The van der Waals surface area contributed by atoms with Crippen LogP contribution in [0.1, 0.15) is 24.7 Å². The molecule has 4 heterocycles. The van der Waals surface area contributed by atoms with Gasteiger partial charge in [0.2, 0.25) is 0 Å². The highest BCUT2D eigenvalue weighted by molar-refractivity contribution is 6.06. The standard InChI is InChI=1S/C18H20N4O2/c19-18-16-17(12-3-1-2-4-13(12)20-18)22-14(9-24-10-15(22)21-16)11-5-7-23-8-6-11/h1-4,11,14H,5-10H2,(H2,19,20)/t14-/m1/s1. The number of rotatable bonds is 1. The van der Waals surface area contributed by atoms with Gasteiger partial charge in [0.1, 0.15) is 17.9 Å². The van der Waals surface area contributed by atoms with Crippen LogP contribution in [0.5, 0.6) is 0 Å². The van der Waals surface area contributed by atoms with Gasteiger partial charge in [0.15, 0.2) is 5.82 Å². The first-order chi connectivity index (χ1) is 11.8. The molecule has 24 heavy (non-hydrogen) atoms. The van der Waals surface area contributed by atoms with E-state index in [1.807, 2.05) is 18.2 Å². The summed E-state index contributed by atoms with van der Waals surface area (Å²) in [5, 5.41) is 1.11. The molecular formula is C18H20N4O2. The number of nitrogens with zero attached hydrogens (tertiary/aromatic N) is 3. The minimum absolute atomic E-state index is 0.285. The van der Waals surface area contributed by atoms with Crippen LogP contribution in [0.4, 0.5) is 5.82 Å². The molecule has 0 bridgehead atoms. The predicted molar refractivity (Wildman–Crippen MR) is 91.7 cm³/mol. The van der Waals surface area contributed by atoms with Crippen LogP contribution < -0.4 is 5.73 Å². The fraction of sp³-hybridized carbons (Fsp3) is 0.444. The molecule has 3 aromatic rings. The third-order valence-electron chi connectivity index (χ3n) is 5.29. The zero-order valence-corrected chi connectivity index (χ0v) is 13.4. The zero-order chi connectivity index (χ0) is 16.1. The molecule has 1 saturated heterocycles. The Morgan fingerprint density at radius 1 is 1.08 bits per heavy atom. The molecule has 2 aromatic heterocycles. The number of hydrogen-bond acceptors (Lipinski definition) is 5. The quantitative estimate of drug-likeness (QED) is 0.745. The number of nitrogens with two attached hydrogens (primary N) is 1. The van der Waals surface area contributed by atoms with Crippen LogP contribution in [0.3, 0.4) is 0 Å². The van der Waals surface area contributed by atoms with Gasteiger partial charge in [-0.2, -0.15) is 0 Å². The number of aromatic nitrogens is 3. The number of imidazole rings is 1. The topological polar surface area (TPSA) is 75.2 Å². The van der Waals surface area contributed by atoms with Crippen LogP contribution in [0.25, 0.3) is 21.9 Å². The molecule has 0 spiro atoms. The van der Waals surface area contributed by atoms with Gasteiger partial charge in [0.25, 0.3) is 0 Å². The first kappa shape index (κ1) is 14.2. The van der Waals surface area contributed by atoms with Gasteiger partial charge in [0, 0.05) is 18.6 Å². The minimum atomic E-state index is 0.285. The molecule has 6 nitrogen and oxygen atoms in total. The third-order valence-corrected chi connectivity index (χ3v) is 5.29. The van der Waals surface area contributed by atoms with Crippen molar-refractivity contribution in [2.75, 3.05) is 25.6 Å². The molecule has 0 saturated carbocycles. The van der Waals surface area contributed by atoms with E-state index < -0.39 is 0 Å². The Hall–Kier alpha value is -2.18. The third kappa shape index (κ3) is 2.03. The van der Waals surface area contributed by atoms with Crippen LogP contribution in [-0.2, 0) is 16.1 Å². The number of benzene rings is 1. The molecule has 1 fully saturated rings. The highest BCUT2D eigenvalue weighted by Gasteiger charge is 2.32. The number of para-hydroxylation sites is 1. The molecule has 1 atom stereocenters. The summed E-state index contributed by atoms with van der Waals surface area (Å²) >= 11 is 0. The second-order valence-electron chi connectivity index (χ2n) is 6.64. The summed E-state index contributed by atoms with van der Waals surface area (Å²) in [6.07, 6.45) is 2.12. The molecule has 6 heteroatoms. The second-order valence-corrected chi connectivity index (χ2v) is 6.64. The van der Waals surface area contributed by atoms with E-state index in [0.29, 0.717) is 18.3 Å². The lowest BCUT2D eigenvalue weighted by Gasteiger charge is -2.35. The van der Waals surface area contributed by atoms with Crippen molar-refractivity contribution in [2.24, 2.45) is 5.92 Å². The Balaban J connectivity index is 1.78. The number of fused-ring (bicyclic) bond motifs is 5. The summed E-state index contributed by atoms with van der Waals surface area (Å²) in [6.45, 7) is 2.91. The van der Waals surface area contributed by atoms with Crippen LogP contribution in [0.2, 0.25) is 0 Å². The fourth-order valence-electron chi connectivity index (χ4n) is 4.12. The van der Waals surface area contributed by atoms with E-state index in [4.69, 9.17) is 20.2 Å². The number of nitrogen functional groups attached to an aromatic ring is 1. The summed E-state index contributed by atoms with van der Waals surface area (Å²) < 4.78 is 13.8. The normalized spacial score (nSPS) is 22.1. The number of hydrogen-bond donors (Lipinski definition) is 1. The van der Waals surface area contributed by atoms with Gasteiger partial charge < -0.3 is 19.8 Å². The van der Waals surface area contributed by atoms with E-state index in [1.54, 1.807) is 0 Å². The number of ether oxygens (including phenoxy) is 2. The Labute approximate surface area is 139 Å². The Morgan fingerprint density at radius 2 is 1.92 bits per heavy atom. The molecule has 124 valence electrons. The van der Waals surface area contributed by atoms with Crippen molar-refractivity contribution in [3.63, 3.8) is 0 Å². The maximum Gasteiger partial charge on any atom is 0.152 e. The highest BCUT2D eigenvalue weighted by atomic mass is 16.5. The number of pyridine rings is 1. The van der Waals surface area contributed by atoms with Gasteiger partial charge >= 0.3 is 0 Å². The lowest BCUT2D eigenvalue weighted by atomic mass is 9.91. The summed E-state index contributed by atoms with van der Waals surface area (Å²) in [4.78, 5) is 9.29. The lowest BCUT2D eigenvalue weighted by Crippen LogP contribution is -2.33. The Morgan fingerprint density at radius 3 is 2.79 bits per heavy atom. The van der Waals surface area contributed by atoms with E-state index in [-0.39, 0.29) is 6.04 Å². The fourth-order valence-corrected chi connectivity index (χ4v) is 4.12. The largest absolute Gasteiger partial charge is 0.382 e. The first-order valence-electron chi connectivity index (χ1n) is 8.53. The van der Waals surface area contributed by atoms with E-state index in [9.17, 15) is 0 Å². The Kier molecular flexibility index (Phi) is 3.21. The van der Waals surface area contributed by atoms with Crippen molar-refractivity contribution in [1.29, 1.82) is 0 Å². The summed E-state index contributed by atoms with van der Waals surface area (Å²) in [5.41, 5.74) is 9.03. The zero-order valence-electron chi connectivity index (χ0n) is 13.4. The monoisotopic (exact) mass is 324 g/mol. The molecule has 0 aliphatic carbocycles. The van der Waals surface area contributed by atoms with Gasteiger partial charge in [-0.05, 0) is 24.8 Å². The van der Waals surface area contributed by atoms with Crippen molar-refractivity contribution in [3.05, 3.63) is 30.1 Å². The van der Waals surface area contributed by atoms with Gasteiger partial charge in [-0.25, -0.2) is 9.97 Å². The van der Waals surface area contributed by atoms with Crippen LogP contribution >= 0.6 is 0 Å². The molecule has 2 aliphatic rings. The van der Waals surface area contributed by atoms with Gasteiger partial charge in [-0.15, -0.1) is 0 Å². The maximum absolute atomic E-state index is 6.21. The van der Waals surface area contributed by atoms with Crippen molar-refractivity contribution in [3.8, 4) is 0 Å². The van der Waals surface area contributed by atoms with Crippen LogP contribution in [0.15, 0.2) is 24.3 Å². The molecular weight excluding hydrogens is 304 g/mol.